The van der Waals surface area contributed by atoms with Crippen LogP contribution in [0.4, 0.5) is 11.4 Å². The monoisotopic (exact) mass is 956 g/mol. The number of unbranched alkanes of at least 4 members (excludes halogenated alkanes) is 2. The van der Waals surface area contributed by atoms with Gasteiger partial charge in [0.15, 0.2) is 5.71 Å². The molecule has 0 spiro atoms. The summed E-state index contributed by atoms with van der Waals surface area (Å²) in [7, 11) is -8.91. The van der Waals surface area contributed by atoms with E-state index in [1.807, 2.05) is 54.3 Å². The third-order valence-electron chi connectivity index (χ3n) is 10.8. The van der Waals surface area contributed by atoms with E-state index < -0.39 is 54.5 Å². The van der Waals surface area contributed by atoms with Gasteiger partial charge in [0.2, 0.25) is 17.4 Å². The maximum absolute atomic E-state index is 12.5. The van der Waals surface area contributed by atoms with Gasteiger partial charge in [-0.15, -0.1) is 13.4 Å². The molecular formula is C40H50N3O16S4+. The van der Waals surface area contributed by atoms with Crippen LogP contribution >= 0.6 is 24.1 Å². The van der Waals surface area contributed by atoms with Crippen LogP contribution in [-0.2, 0) is 54.6 Å². The number of nitrogens with zero attached hydrogens (tertiary/aromatic N) is 3. The van der Waals surface area contributed by atoms with Crippen LogP contribution in [0, 0.1) is 0 Å². The highest BCUT2D eigenvalue weighted by atomic mass is 32.2. The van der Waals surface area contributed by atoms with Gasteiger partial charge < -0.3 is 20.0 Å². The Labute approximate surface area is 373 Å². The lowest BCUT2D eigenvalue weighted by atomic mass is 9.77. The number of hydrogen-bond acceptors (Lipinski definition) is 17. The molecule has 5 rings (SSSR count). The maximum Gasteiger partial charge on any atom is 0.333 e. The van der Waals surface area contributed by atoms with Crippen LogP contribution < -0.4 is 9.74 Å². The molecule has 0 fully saturated rings. The molecule has 2 aromatic carbocycles. The van der Waals surface area contributed by atoms with Crippen molar-refractivity contribution in [2.24, 2.45) is 0 Å². The summed E-state index contributed by atoms with van der Waals surface area (Å²) in [5.74, 6) is -1.58. The van der Waals surface area contributed by atoms with Crippen LogP contribution in [0.3, 0.4) is 0 Å². The minimum Gasteiger partial charge on any atom is -0.492 e. The summed E-state index contributed by atoms with van der Waals surface area (Å²) >= 11 is 1.81. The minimum absolute atomic E-state index is 0.0325. The molecule has 0 bridgehead atoms. The van der Waals surface area contributed by atoms with Crippen molar-refractivity contribution in [3.8, 4) is 11.8 Å². The molecule has 0 amide bonds. The molecule has 2 aliphatic heterocycles. The Morgan fingerprint density at radius 3 is 2.25 bits per heavy atom. The van der Waals surface area contributed by atoms with Gasteiger partial charge >= 0.3 is 5.97 Å². The van der Waals surface area contributed by atoms with Crippen LogP contribution in [0.25, 0.3) is 0 Å². The van der Waals surface area contributed by atoms with E-state index in [1.165, 1.54) is 24.3 Å². The van der Waals surface area contributed by atoms with Gasteiger partial charge in [-0.2, -0.15) is 21.4 Å². The van der Waals surface area contributed by atoms with Gasteiger partial charge in [0, 0.05) is 88.7 Å². The van der Waals surface area contributed by atoms with Crippen molar-refractivity contribution in [2.45, 2.75) is 86.3 Å². The Kier molecular flexibility index (Phi) is 17.1. The maximum atomic E-state index is 12.5. The van der Waals surface area contributed by atoms with Gasteiger partial charge in [0.05, 0.1) is 28.1 Å². The molecular weight excluding hydrogens is 907 g/mol. The molecule has 0 saturated carbocycles. The van der Waals surface area contributed by atoms with Gasteiger partial charge in [0.25, 0.3) is 20.2 Å². The average Bonchev–Trinajstić information content (AvgIpc) is 3.74. The number of hydrogen-bond donors (Lipinski definition) is 6. The van der Waals surface area contributed by atoms with E-state index >= 15 is 0 Å². The summed E-state index contributed by atoms with van der Waals surface area (Å²) in [6.07, 6.45) is 11.8. The molecule has 3 heterocycles. The molecule has 1 unspecified atom stereocenters. The standard InChI is InChI=1S/C40H49N3O16S4/c1-39(2)30-26-28(61-59-57-48)15-17-32(30)41(22-10-24-60-58-56-47)34(39)12-6-4-7-13-35-40(3,21-9-5-8-14-38(46)55-43-36(44)19-20-37(43)45)31-27-29(63(52,53)54)16-18-33(31)42(35)23-11-25-62(49,50)51/h4,6-7,12-13,15-20,26-27H,5,8-11,14,21-25H2,1-3H3,(H5-,44,45,47,48,49,50,51,52,53,54)/p+1. The van der Waals surface area contributed by atoms with Gasteiger partial charge in [-0.05, 0) is 82.0 Å². The number of aromatic nitrogens is 1. The van der Waals surface area contributed by atoms with E-state index in [-0.39, 0.29) is 24.3 Å². The molecule has 6 N–H and O–H groups in total. The number of carbonyl (C=O) groups is 1. The predicted octanol–water partition coefficient (Wildman–Crippen LogP) is 7.07. The average molecular weight is 957 g/mol. The van der Waals surface area contributed by atoms with Crippen LogP contribution in [0.2, 0.25) is 0 Å². The molecule has 1 aromatic heterocycles. The zero-order valence-corrected chi connectivity index (χ0v) is 37.8. The second-order valence-corrected chi connectivity index (χ2v) is 19.9. The van der Waals surface area contributed by atoms with Crippen molar-refractivity contribution >= 4 is 67.4 Å². The largest absolute Gasteiger partial charge is 0.492 e. The summed E-state index contributed by atoms with van der Waals surface area (Å²) in [6.45, 7) is 6.77. The summed E-state index contributed by atoms with van der Waals surface area (Å²) in [4.78, 5) is 19.8. The fourth-order valence-electron chi connectivity index (χ4n) is 7.87. The molecule has 0 radical (unpaired) electrons. The Bertz CT molecular complexity index is 2450. The van der Waals surface area contributed by atoms with Gasteiger partial charge in [-0.25, -0.2) is 15.3 Å². The Balaban J connectivity index is 1.45. The Morgan fingerprint density at radius 2 is 1.57 bits per heavy atom. The third kappa shape index (κ3) is 12.5. The lowest BCUT2D eigenvalue weighted by molar-refractivity contribution is -0.438. The van der Waals surface area contributed by atoms with Crippen molar-refractivity contribution < 1.29 is 79.6 Å². The van der Waals surface area contributed by atoms with Crippen molar-refractivity contribution in [1.82, 2.24) is 4.73 Å². The van der Waals surface area contributed by atoms with Crippen LogP contribution in [0.1, 0.15) is 76.8 Å². The lowest BCUT2D eigenvalue weighted by Gasteiger charge is -2.30. The summed E-state index contributed by atoms with van der Waals surface area (Å²) in [6, 6.07) is 12.3. The first-order chi connectivity index (χ1) is 29.8. The zero-order chi connectivity index (χ0) is 46.0. The van der Waals surface area contributed by atoms with Crippen LogP contribution in [-0.4, -0.2) is 92.3 Å². The lowest BCUT2D eigenvalue weighted by Crippen LogP contribution is -2.30. The topological polar surface area (TPSA) is 264 Å². The minimum atomic E-state index is -4.61. The Hall–Kier alpha value is -4.24. The zero-order valence-electron chi connectivity index (χ0n) is 34.5. The number of rotatable bonds is 24. The predicted molar refractivity (Wildman–Crippen MR) is 233 cm³/mol. The van der Waals surface area contributed by atoms with Crippen molar-refractivity contribution in [3.63, 3.8) is 0 Å². The van der Waals surface area contributed by atoms with Gasteiger partial charge in [-0.1, -0.05) is 41.1 Å². The Morgan fingerprint density at radius 1 is 0.841 bits per heavy atom. The number of fused-ring (bicyclic) bond motifs is 2. The summed E-state index contributed by atoms with van der Waals surface area (Å²) in [5.41, 5.74) is 3.34. The smallest absolute Gasteiger partial charge is 0.333 e. The number of carbonyl (C=O) groups excluding carboxylic acids is 1. The van der Waals surface area contributed by atoms with Gasteiger partial charge in [0.1, 0.15) is 6.54 Å². The second-order valence-electron chi connectivity index (χ2n) is 15.3. The molecule has 2 aliphatic rings. The van der Waals surface area contributed by atoms with Crippen LogP contribution in [0.15, 0.2) is 94.4 Å². The fraction of sp³-hybridized carbons (Fsp3) is 0.400. The first-order valence-corrected chi connectivity index (χ1v) is 24.3. The van der Waals surface area contributed by atoms with Crippen molar-refractivity contribution in [3.05, 3.63) is 95.7 Å². The normalized spacial score (nSPS) is 18.0. The van der Waals surface area contributed by atoms with E-state index in [1.54, 1.807) is 12.1 Å². The number of allylic oxidation sites excluding steroid dienone is 6. The van der Waals surface area contributed by atoms with Crippen molar-refractivity contribution in [2.75, 3.05) is 29.5 Å². The van der Waals surface area contributed by atoms with E-state index in [0.717, 1.165) is 41.0 Å². The first-order valence-electron chi connectivity index (χ1n) is 19.6. The molecule has 344 valence electrons. The first kappa shape index (κ1) is 49.8. The van der Waals surface area contributed by atoms with E-state index in [2.05, 4.69) is 37.2 Å². The molecule has 23 heteroatoms. The fourth-order valence-corrected chi connectivity index (χ4v) is 9.62. The molecule has 63 heavy (non-hydrogen) atoms. The summed E-state index contributed by atoms with van der Waals surface area (Å²) < 4.78 is 79.7. The highest BCUT2D eigenvalue weighted by Gasteiger charge is 2.45. The highest BCUT2D eigenvalue weighted by molar-refractivity contribution is 7.94. The quantitative estimate of drug-likeness (QED) is 0.00997. The highest BCUT2D eigenvalue weighted by Crippen LogP contribution is 2.51. The molecule has 0 saturated heterocycles. The third-order valence-corrected chi connectivity index (χ3v) is 13.6. The number of benzene rings is 2. The molecule has 3 aromatic rings. The van der Waals surface area contributed by atoms with Crippen LogP contribution in [0.5, 0.6) is 11.8 Å². The SMILES string of the molecule is CC1(C)C(C=CC=CC=C2N(CCCS(=O)(=O)O)c3ccc(S(=O)(=O)O)cc3C2(C)CCCCCC(=O)On2c(O)ccc2O)=[N+](CCCSOOO)c2ccc(SOOO)cc21. The van der Waals surface area contributed by atoms with Gasteiger partial charge in [-0.3, -0.25) is 9.11 Å². The van der Waals surface area contributed by atoms with Crippen molar-refractivity contribution in [1.29, 1.82) is 0 Å². The van der Waals surface area contributed by atoms with E-state index in [0.29, 0.717) is 71.0 Å². The van der Waals surface area contributed by atoms with E-state index in [4.69, 9.17) is 15.4 Å². The number of anilines is 1. The van der Waals surface area contributed by atoms with E-state index in [9.17, 15) is 40.9 Å². The number of aromatic hydroxyl groups is 2. The molecule has 1 atom stereocenters. The summed E-state index contributed by atoms with van der Waals surface area (Å²) in [5, 5.41) is 44.3. The molecule has 0 aliphatic carbocycles. The molecule has 19 nitrogen and oxygen atoms in total. The second kappa shape index (κ2) is 21.6.